The molecule has 1 amide bonds. The van der Waals surface area contributed by atoms with Gasteiger partial charge in [-0.25, -0.2) is 4.98 Å². The molecule has 1 aromatic carbocycles. The molecule has 36 heavy (non-hydrogen) atoms. The van der Waals surface area contributed by atoms with Gasteiger partial charge < -0.3 is 9.73 Å². The summed E-state index contributed by atoms with van der Waals surface area (Å²) in [6.45, 7) is 2.72. The molecule has 0 radical (unpaired) electrons. The highest BCUT2D eigenvalue weighted by molar-refractivity contribution is 7.13. The number of alkyl halides is 3. The number of halogens is 3. The summed E-state index contributed by atoms with van der Waals surface area (Å²) in [5.74, 6) is -0.0384. The fourth-order valence-corrected chi connectivity index (χ4v) is 4.69. The van der Waals surface area contributed by atoms with Gasteiger partial charge in [0.15, 0.2) is 5.69 Å². The summed E-state index contributed by atoms with van der Waals surface area (Å²) in [4.78, 5) is 22.3. The Bertz CT molecular complexity index is 1290. The molecule has 188 valence electrons. The quantitative estimate of drug-likeness (QED) is 0.297. The maximum absolute atomic E-state index is 13.7. The van der Waals surface area contributed by atoms with Gasteiger partial charge in [0, 0.05) is 25.4 Å². The van der Waals surface area contributed by atoms with Gasteiger partial charge >= 0.3 is 6.18 Å². The summed E-state index contributed by atoms with van der Waals surface area (Å²) in [5, 5.41) is 2.96. The van der Waals surface area contributed by atoms with Crippen LogP contribution in [0, 0.1) is 0 Å². The number of carbonyl (C=O) groups is 1. The van der Waals surface area contributed by atoms with E-state index in [1.54, 1.807) is 31.6 Å². The summed E-state index contributed by atoms with van der Waals surface area (Å²) < 4.78 is 46.4. The second kappa shape index (κ2) is 11.0. The van der Waals surface area contributed by atoms with Crippen LogP contribution < -0.4 is 5.32 Å². The standard InChI is InChI=1S/C26H25F3N4O2S/c1-17(18-6-3-7-19(14-18)20-8-4-11-30-15-20)31-25(34)23-24(26(27,28)29)32-22(36-23)10-12-33(2)16-21-9-5-13-35-21/h3-9,11,13-15,17H,10,12,16H2,1-2H3,(H,31,34). The number of likely N-dealkylation sites (N-methyl/N-ethyl adjacent to an activating group) is 1. The zero-order chi connectivity index (χ0) is 25.7. The van der Waals surface area contributed by atoms with Gasteiger partial charge in [-0.05, 0) is 54.9 Å². The lowest BCUT2D eigenvalue weighted by molar-refractivity contribution is -0.141. The van der Waals surface area contributed by atoms with Crippen molar-refractivity contribution in [2.45, 2.75) is 32.1 Å². The molecule has 4 rings (SSSR count). The third kappa shape index (κ3) is 6.38. The number of aromatic nitrogens is 2. The van der Waals surface area contributed by atoms with Gasteiger partial charge in [-0.15, -0.1) is 11.3 Å². The number of thiazole rings is 1. The van der Waals surface area contributed by atoms with E-state index in [9.17, 15) is 18.0 Å². The summed E-state index contributed by atoms with van der Waals surface area (Å²) >= 11 is 0.780. The van der Waals surface area contributed by atoms with Crippen molar-refractivity contribution in [3.05, 3.63) is 94.1 Å². The first-order chi connectivity index (χ1) is 17.2. The molecule has 3 heterocycles. The van der Waals surface area contributed by atoms with E-state index >= 15 is 0 Å². The summed E-state index contributed by atoms with van der Waals surface area (Å²) in [5.41, 5.74) is 1.42. The van der Waals surface area contributed by atoms with E-state index in [0.717, 1.165) is 33.8 Å². The van der Waals surface area contributed by atoms with E-state index in [0.29, 0.717) is 13.1 Å². The number of rotatable bonds is 9. The molecule has 1 N–H and O–H groups in total. The van der Waals surface area contributed by atoms with Crippen LogP contribution in [0.1, 0.15) is 44.7 Å². The van der Waals surface area contributed by atoms with E-state index < -0.39 is 28.7 Å². The largest absolute Gasteiger partial charge is 0.468 e. The fraction of sp³-hybridized carbons (Fsp3) is 0.269. The lowest BCUT2D eigenvalue weighted by Gasteiger charge is -2.16. The Morgan fingerprint density at radius 3 is 2.67 bits per heavy atom. The van der Waals surface area contributed by atoms with E-state index in [1.807, 2.05) is 54.4 Å². The molecule has 0 spiro atoms. The van der Waals surface area contributed by atoms with E-state index in [4.69, 9.17) is 4.42 Å². The van der Waals surface area contributed by atoms with Crippen LogP contribution in [0.25, 0.3) is 11.1 Å². The van der Waals surface area contributed by atoms with Crippen molar-refractivity contribution in [2.75, 3.05) is 13.6 Å². The zero-order valence-corrected chi connectivity index (χ0v) is 20.6. The van der Waals surface area contributed by atoms with Gasteiger partial charge in [-0.1, -0.05) is 24.3 Å². The van der Waals surface area contributed by atoms with E-state index in [1.165, 1.54) is 0 Å². The Kier molecular flexibility index (Phi) is 7.85. The number of hydrogen-bond acceptors (Lipinski definition) is 6. The topological polar surface area (TPSA) is 71.3 Å². The normalized spacial score (nSPS) is 12.6. The highest BCUT2D eigenvalue weighted by atomic mass is 32.1. The van der Waals surface area contributed by atoms with Crippen molar-refractivity contribution in [3.8, 4) is 11.1 Å². The lowest BCUT2D eigenvalue weighted by Crippen LogP contribution is -2.28. The van der Waals surface area contributed by atoms with Crippen molar-refractivity contribution in [1.82, 2.24) is 20.2 Å². The molecule has 3 aromatic heterocycles. The number of hydrogen-bond donors (Lipinski definition) is 1. The smallest absolute Gasteiger partial charge is 0.435 e. The monoisotopic (exact) mass is 514 g/mol. The van der Waals surface area contributed by atoms with Gasteiger partial charge in [0.05, 0.1) is 23.9 Å². The molecule has 0 aliphatic carbocycles. The van der Waals surface area contributed by atoms with Crippen molar-refractivity contribution in [2.24, 2.45) is 0 Å². The minimum absolute atomic E-state index is 0.255. The van der Waals surface area contributed by atoms with E-state index in [2.05, 4.69) is 15.3 Å². The molecule has 0 saturated heterocycles. The Labute approximate surface area is 210 Å². The van der Waals surface area contributed by atoms with Gasteiger partial charge in [-0.3, -0.25) is 14.7 Å². The zero-order valence-electron chi connectivity index (χ0n) is 19.7. The van der Waals surface area contributed by atoms with Crippen molar-refractivity contribution in [1.29, 1.82) is 0 Å². The first kappa shape index (κ1) is 25.6. The Morgan fingerprint density at radius 1 is 1.17 bits per heavy atom. The SMILES string of the molecule is CC(NC(=O)c1sc(CCN(C)Cc2ccco2)nc1C(F)(F)F)c1cccc(-c2cccnc2)c1. The predicted molar refractivity (Wildman–Crippen MR) is 131 cm³/mol. The van der Waals surface area contributed by atoms with Crippen molar-refractivity contribution in [3.63, 3.8) is 0 Å². The lowest BCUT2D eigenvalue weighted by atomic mass is 10.0. The Hall–Kier alpha value is -3.50. The average molecular weight is 515 g/mol. The molecule has 1 atom stereocenters. The van der Waals surface area contributed by atoms with Gasteiger partial charge in [-0.2, -0.15) is 13.2 Å². The molecule has 10 heteroatoms. The molecule has 6 nitrogen and oxygen atoms in total. The van der Waals surface area contributed by atoms with Crippen LogP contribution in [-0.4, -0.2) is 34.4 Å². The number of furan rings is 1. The highest BCUT2D eigenvalue weighted by Gasteiger charge is 2.39. The Morgan fingerprint density at radius 2 is 1.97 bits per heavy atom. The van der Waals surface area contributed by atoms with Crippen molar-refractivity contribution < 1.29 is 22.4 Å². The van der Waals surface area contributed by atoms with Gasteiger partial charge in [0.25, 0.3) is 5.91 Å². The molecular weight excluding hydrogens is 489 g/mol. The molecule has 0 fully saturated rings. The third-order valence-electron chi connectivity index (χ3n) is 5.59. The van der Waals surface area contributed by atoms with E-state index in [-0.39, 0.29) is 11.4 Å². The Balaban J connectivity index is 1.47. The summed E-state index contributed by atoms with van der Waals surface area (Å²) in [6, 6.07) is 14.3. The first-order valence-corrected chi connectivity index (χ1v) is 12.1. The molecule has 1 unspecified atom stereocenters. The average Bonchev–Trinajstić information content (AvgIpc) is 3.53. The minimum atomic E-state index is -4.73. The second-order valence-corrected chi connectivity index (χ2v) is 9.50. The molecule has 0 saturated carbocycles. The molecule has 0 aliphatic heterocycles. The number of amides is 1. The summed E-state index contributed by atoms with van der Waals surface area (Å²) in [6.07, 6.45) is 0.518. The third-order valence-corrected chi connectivity index (χ3v) is 6.70. The fourth-order valence-electron chi connectivity index (χ4n) is 3.72. The number of nitrogens with zero attached hydrogens (tertiary/aromatic N) is 3. The molecular formula is C26H25F3N4O2S. The maximum Gasteiger partial charge on any atom is 0.435 e. The minimum Gasteiger partial charge on any atom is -0.468 e. The first-order valence-electron chi connectivity index (χ1n) is 11.3. The number of carbonyl (C=O) groups excluding carboxylic acids is 1. The van der Waals surface area contributed by atoms with Crippen LogP contribution in [0.4, 0.5) is 13.2 Å². The maximum atomic E-state index is 13.7. The highest BCUT2D eigenvalue weighted by Crippen LogP contribution is 2.35. The van der Waals surface area contributed by atoms with Crippen LogP contribution >= 0.6 is 11.3 Å². The van der Waals surface area contributed by atoms with Crippen LogP contribution in [0.15, 0.2) is 71.6 Å². The van der Waals surface area contributed by atoms with Crippen LogP contribution in [0.2, 0.25) is 0 Å². The van der Waals surface area contributed by atoms with Crippen molar-refractivity contribution >= 4 is 17.2 Å². The number of pyridine rings is 1. The van der Waals surface area contributed by atoms with Crippen LogP contribution in [0.5, 0.6) is 0 Å². The van der Waals surface area contributed by atoms with Crippen LogP contribution in [0.3, 0.4) is 0 Å². The van der Waals surface area contributed by atoms with Gasteiger partial charge in [0.2, 0.25) is 0 Å². The number of nitrogens with one attached hydrogen (secondary N) is 1. The molecule has 0 bridgehead atoms. The molecule has 4 aromatic rings. The van der Waals surface area contributed by atoms with Crippen LogP contribution in [-0.2, 0) is 19.1 Å². The molecule has 0 aliphatic rings. The summed E-state index contributed by atoms with van der Waals surface area (Å²) in [7, 11) is 1.84. The number of benzene rings is 1. The van der Waals surface area contributed by atoms with Gasteiger partial charge in [0.1, 0.15) is 10.6 Å². The second-order valence-electron chi connectivity index (χ2n) is 8.41. The predicted octanol–water partition coefficient (Wildman–Crippen LogP) is 5.98.